The normalized spacial score (nSPS) is 11.2. The molecule has 2 rings (SSSR count). The van der Waals surface area contributed by atoms with Gasteiger partial charge in [0.15, 0.2) is 0 Å². The minimum atomic E-state index is 0.530. The molecule has 4 heteroatoms. The van der Waals surface area contributed by atoms with E-state index in [0.29, 0.717) is 6.04 Å². The lowest BCUT2D eigenvalue weighted by atomic mass is 10.2. The van der Waals surface area contributed by atoms with Gasteiger partial charge < -0.3 is 5.32 Å². The molecule has 0 saturated heterocycles. The van der Waals surface area contributed by atoms with Crippen LogP contribution in [0.15, 0.2) is 34.5 Å². The van der Waals surface area contributed by atoms with Crippen LogP contribution in [0.3, 0.4) is 0 Å². The second-order valence-corrected chi connectivity index (χ2v) is 6.94. The Morgan fingerprint density at radius 3 is 2.58 bits per heavy atom. The molecule has 0 amide bonds. The van der Waals surface area contributed by atoms with Crippen molar-refractivity contribution in [3.8, 4) is 0 Å². The van der Waals surface area contributed by atoms with Crippen LogP contribution in [-0.4, -0.2) is 11.0 Å². The zero-order valence-corrected chi connectivity index (χ0v) is 13.3. The number of aromatic nitrogens is 1. The summed E-state index contributed by atoms with van der Waals surface area (Å²) in [5.74, 6) is 0.952. The highest BCUT2D eigenvalue weighted by atomic mass is 32.2. The fourth-order valence-electron chi connectivity index (χ4n) is 1.66. The molecule has 0 bridgehead atoms. The van der Waals surface area contributed by atoms with E-state index >= 15 is 0 Å². The molecule has 1 aromatic carbocycles. The summed E-state index contributed by atoms with van der Waals surface area (Å²) in [5, 5.41) is 6.71. The molecule has 0 saturated carbocycles. The molecule has 0 spiro atoms. The van der Waals surface area contributed by atoms with Gasteiger partial charge in [0.25, 0.3) is 0 Å². The van der Waals surface area contributed by atoms with E-state index in [1.807, 2.05) is 11.8 Å². The molecule has 0 fully saturated rings. The highest BCUT2D eigenvalue weighted by molar-refractivity contribution is 7.98. The maximum atomic E-state index is 4.48. The molecule has 0 aliphatic rings. The van der Waals surface area contributed by atoms with Gasteiger partial charge >= 0.3 is 0 Å². The van der Waals surface area contributed by atoms with Gasteiger partial charge in [-0.3, -0.25) is 0 Å². The Morgan fingerprint density at radius 2 is 2.00 bits per heavy atom. The lowest BCUT2D eigenvalue weighted by molar-refractivity contribution is 0.588. The molecule has 2 aromatic rings. The fraction of sp³-hybridized carbons (Fsp3) is 0.400. The number of rotatable bonds is 6. The van der Waals surface area contributed by atoms with Crippen LogP contribution in [0, 0.1) is 6.92 Å². The second-order valence-electron chi connectivity index (χ2n) is 4.83. The Kier molecular flexibility index (Phi) is 5.43. The monoisotopic (exact) mass is 292 g/mol. The standard InChI is InChI=1S/C15H20N2S2/c1-11(2)16-8-13-4-6-15(7-5-13)19-10-14-9-18-12(3)17-14/h4-7,9,11,16H,8,10H2,1-3H3. The van der Waals surface area contributed by atoms with Gasteiger partial charge in [-0.05, 0) is 24.6 Å². The van der Waals surface area contributed by atoms with Crippen LogP contribution in [0.4, 0.5) is 0 Å². The van der Waals surface area contributed by atoms with Gasteiger partial charge in [0.1, 0.15) is 0 Å². The molecule has 2 nitrogen and oxygen atoms in total. The number of hydrogen-bond acceptors (Lipinski definition) is 4. The maximum absolute atomic E-state index is 4.48. The van der Waals surface area contributed by atoms with Gasteiger partial charge in [-0.2, -0.15) is 0 Å². The van der Waals surface area contributed by atoms with E-state index in [-0.39, 0.29) is 0 Å². The summed E-state index contributed by atoms with van der Waals surface area (Å²) in [6.07, 6.45) is 0. The van der Waals surface area contributed by atoms with Crippen LogP contribution in [0.25, 0.3) is 0 Å². The molecule has 0 atom stereocenters. The summed E-state index contributed by atoms with van der Waals surface area (Å²) in [6, 6.07) is 9.32. The molecule has 0 aliphatic carbocycles. The van der Waals surface area contributed by atoms with Gasteiger partial charge in [-0.25, -0.2) is 4.98 Å². The van der Waals surface area contributed by atoms with E-state index in [4.69, 9.17) is 0 Å². The summed E-state index contributed by atoms with van der Waals surface area (Å²) in [7, 11) is 0. The summed E-state index contributed by atoms with van der Waals surface area (Å²) in [4.78, 5) is 5.78. The van der Waals surface area contributed by atoms with Gasteiger partial charge in [0, 0.05) is 28.6 Å². The van der Waals surface area contributed by atoms with Crippen LogP contribution >= 0.6 is 23.1 Å². The second kappa shape index (κ2) is 7.08. The molecule has 0 unspecified atom stereocenters. The Morgan fingerprint density at radius 1 is 1.26 bits per heavy atom. The van der Waals surface area contributed by atoms with Crippen molar-refractivity contribution in [3.05, 3.63) is 45.9 Å². The van der Waals surface area contributed by atoms with Crippen molar-refractivity contribution in [3.63, 3.8) is 0 Å². The number of thioether (sulfide) groups is 1. The van der Waals surface area contributed by atoms with E-state index in [1.54, 1.807) is 11.3 Å². The lowest BCUT2D eigenvalue weighted by Crippen LogP contribution is -2.21. The molecule has 1 N–H and O–H groups in total. The first-order chi connectivity index (χ1) is 9.13. The van der Waals surface area contributed by atoms with Crippen LogP contribution in [0.2, 0.25) is 0 Å². The number of aryl methyl sites for hydroxylation is 1. The number of thiazole rings is 1. The lowest BCUT2D eigenvalue weighted by Gasteiger charge is -2.08. The topological polar surface area (TPSA) is 24.9 Å². The van der Waals surface area contributed by atoms with Crippen LogP contribution in [0.5, 0.6) is 0 Å². The molecule has 1 aromatic heterocycles. The molecule has 19 heavy (non-hydrogen) atoms. The minimum absolute atomic E-state index is 0.530. The predicted octanol–water partition coefficient (Wildman–Crippen LogP) is 4.24. The highest BCUT2D eigenvalue weighted by Gasteiger charge is 2.01. The highest BCUT2D eigenvalue weighted by Crippen LogP contribution is 2.23. The molecule has 102 valence electrons. The molecular weight excluding hydrogens is 272 g/mol. The van der Waals surface area contributed by atoms with E-state index in [1.165, 1.54) is 16.2 Å². The SMILES string of the molecule is Cc1nc(CSc2ccc(CNC(C)C)cc2)cs1. The average molecular weight is 292 g/mol. The molecule has 1 heterocycles. The summed E-state index contributed by atoms with van der Waals surface area (Å²) >= 11 is 3.56. The summed E-state index contributed by atoms with van der Waals surface area (Å²) in [5.41, 5.74) is 2.51. The predicted molar refractivity (Wildman–Crippen MR) is 84.8 cm³/mol. The van der Waals surface area contributed by atoms with Crippen LogP contribution < -0.4 is 5.32 Å². The number of hydrogen-bond donors (Lipinski definition) is 1. The van der Waals surface area contributed by atoms with Crippen molar-refractivity contribution in [2.45, 2.75) is 44.0 Å². The van der Waals surface area contributed by atoms with Crippen molar-refractivity contribution in [2.24, 2.45) is 0 Å². The fourth-order valence-corrected chi connectivity index (χ4v) is 3.17. The van der Waals surface area contributed by atoms with Crippen molar-refractivity contribution >= 4 is 23.1 Å². The zero-order chi connectivity index (χ0) is 13.7. The van der Waals surface area contributed by atoms with Crippen molar-refractivity contribution in [2.75, 3.05) is 0 Å². The largest absolute Gasteiger partial charge is 0.310 e. The first-order valence-corrected chi connectivity index (χ1v) is 8.36. The van der Waals surface area contributed by atoms with Crippen molar-refractivity contribution in [1.29, 1.82) is 0 Å². The van der Waals surface area contributed by atoms with Gasteiger partial charge in [0.05, 0.1) is 10.7 Å². The maximum Gasteiger partial charge on any atom is 0.0897 e. The van der Waals surface area contributed by atoms with E-state index in [9.17, 15) is 0 Å². The Bertz CT molecular complexity index is 503. The Balaban J connectivity index is 1.84. The summed E-state index contributed by atoms with van der Waals surface area (Å²) < 4.78 is 0. The smallest absolute Gasteiger partial charge is 0.0897 e. The molecular formula is C15H20N2S2. The minimum Gasteiger partial charge on any atom is -0.310 e. The van der Waals surface area contributed by atoms with E-state index in [2.05, 4.69) is 60.7 Å². The average Bonchev–Trinajstić information content (AvgIpc) is 2.81. The molecule has 0 radical (unpaired) electrons. The van der Waals surface area contributed by atoms with E-state index < -0.39 is 0 Å². The number of nitrogens with zero attached hydrogens (tertiary/aromatic N) is 1. The third-order valence-electron chi connectivity index (χ3n) is 2.69. The summed E-state index contributed by atoms with van der Waals surface area (Å²) in [6.45, 7) is 7.32. The van der Waals surface area contributed by atoms with Crippen LogP contribution in [0.1, 0.15) is 30.1 Å². The quantitative estimate of drug-likeness (QED) is 0.806. The van der Waals surface area contributed by atoms with Gasteiger partial charge in [-0.1, -0.05) is 26.0 Å². The van der Waals surface area contributed by atoms with Crippen LogP contribution in [-0.2, 0) is 12.3 Å². The zero-order valence-electron chi connectivity index (χ0n) is 11.6. The van der Waals surface area contributed by atoms with Crippen molar-refractivity contribution < 1.29 is 0 Å². The third kappa shape index (κ3) is 4.97. The number of benzene rings is 1. The van der Waals surface area contributed by atoms with Gasteiger partial charge in [0.2, 0.25) is 0 Å². The van der Waals surface area contributed by atoms with Crippen molar-refractivity contribution in [1.82, 2.24) is 10.3 Å². The van der Waals surface area contributed by atoms with Gasteiger partial charge in [-0.15, -0.1) is 23.1 Å². The Hall–Kier alpha value is -0.840. The third-order valence-corrected chi connectivity index (χ3v) is 4.56. The first kappa shape index (κ1) is 14.6. The Labute approximate surface area is 123 Å². The number of nitrogens with one attached hydrogen (secondary N) is 1. The first-order valence-electron chi connectivity index (χ1n) is 6.49. The molecule has 0 aliphatic heterocycles. The van der Waals surface area contributed by atoms with E-state index in [0.717, 1.165) is 17.3 Å².